The highest BCUT2D eigenvalue weighted by molar-refractivity contribution is 14.1. The Morgan fingerprint density at radius 2 is 2.31 bits per heavy atom. The molecule has 0 radical (unpaired) electrons. The van der Waals surface area contributed by atoms with E-state index in [-0.39, 0.29) is 24.0 Å². The summed E-state index contributed by atoms with van der Waals surface area (Å²) >= 11 is 1.85. The fourth-order valence-electron chi connectivity index (χ4n) is 2.11. The van der Waals surface area contributed by atoms with Crippen LogP contribution >= 0.6 is 22.6 Å². The maximum Gasteiger partial charge on any atom is 0.303 e. The summed E-state index contributed by atoms with van der Waals surface area (Å²) in [4.78, 5) is 22.2. The number of aliphatic hydroxyl groups excluding tert-OH is 1. The molecule has 0 aliphatic heterocycles. The highest BCUT2D eigenvalue weighted by Crippen LogP contribution is 2.34. The average molecular weight is 338 g/mol. The number of rotatable bonds is 5. The largest absolute Gasteiger partial charge is 0.481 e. The minimum absolute atomic E-state index is 0.0407. The Kier molecular flexibility index (Phi) is 5.40. The molecule has 1 fully saturated rings. The number of hydrogen-bond donors (Lipinski definition) is 2. The third-order valence-corrected chi connectivity index (χ3v) is 3.28. The van der Waals surface area contributed by atoms with Crippen LogP contribution in [0.4, 0.5) is 0 Å². The lowest BCUT2D eigenvalue weighted by atomic mass is 9.89. The molecule has 4 nitrogen and oxygen atoms in total. The zero-order valence-corrected chi connectivity index (χ0v) is 11.0. The van der Waals surface area contributed by atoms with E-state index in [2.05, 4.69) is 0 Å². The Labute approximate surface area is 108 Å². The Balaban J connectivity index is 2.53. The molecule has 0 aromatic rings. The summed E-state index contributed by atoms with van der Waals surface area (Å²) in [6.45, 7) is 0. The van der Waals surface area contributed by atoms with Crippen molar-refractivity contribution < 1.29 is 19.8 Å². The second kappa shape index (κ2) is 6.34. The first-order valence-corrected chi connectivity index (χ1v) is 6.48. The van der Waals surface area contributed by atoms with E-state index >= 15 is 0 Å². The molecule has 0 aromatic carbocycles. The van der Waals surface area contributed by atoms with Crippen molar-refractivity contribution in [1.82, 2.24) is 0 Å². The zero-order chi connectivity index (χ0) is 12.1. The molecule has 16 heavy (non-hydrogen) atoms. The van der Waals surface area contributed by atoms with E-state index in [1.165, 1.54) is 0 Å². The van der Waals surface area contributed by atoms with Gasteiger partial charge in [0.25, 0.3) is 0 Å². The quantitative estimate of drug-likeness (QED) is 0.455. The second-order valence-corrected chi connectivity index (χ2v) is 5.28. The van der Waals surface area contributed by atoms with Gasteiger partial charge in [-0.05, 0) is 41.4 Å². The minimum atomic E-state index is -0.845. The van der Waals surface area contributed by atoms with E-state index in [0.717, 1.165) is 0 Å². The van der Waals surface area contributed by atoms with Crippen molar-refractivity contribution in [2.45, 2.75) is 29.8 Å². The van der Waals surface area contributed by atoms with Gasteiger partial charge in [-0.3, -0.25) is 9.59 Å². The van der Waals surface area contributed by atoms with Crippen LogP contribution in [-0.2, 0) is 9.59 Å². The number of hydrogen-bond acceptors (Lipinski definition) is 3. The number of halogens is 1. The van der Waals surface area contributed by atoms with Crippen LogP contribution in [0.15, 0.2) is 12.2 Å². The highest BCUT2D eigenvalue weighted by atomic mass is 127. The van der Waals surface area contributed by atoms with Crippen molar-refractivity contribution in [1.29, 1.82) is 0 Å². The van der Waals surface area contributed by atoms with Gasteiger partial charge in [0.15, 0.2) is 0 Å². The summed E-state index contributed by atoms with van der Waals surface area (Å²) in [6.07, 6.45) is 5.15. The predicted molar refractivity (Wildman–Crippen MR) is 67.3 cm³/mol. The van der Waals surface area contributed by atoms with Crippen LogP contribution in [0.5, 0.6) is 0 Å². The van der Waals surface area contributed by atoms with Crippen molar-refractivity contribution in [2.75, 3.05) is 0 Å². The van der Waals surface area contributed by atoms with E-state index < -0.39 is 10.1 Å². The summed E-state index contributed by atoms with van der Waals surface area (Å²) in [5, 5.41) is 17.7. The molecule has 1 rings (SSSR count). The molecule has 0 spiro atoms. The van der Waals surface area contributed by atoms with Crippen molar-refractivity contribution in [3.05, 3.63) is 12.2 Å². The van der Waals surface area contributed by atoms with Gasteiger partial charge in [0.2, 0.25) is 0 Å². The smallest absolute Gasteiger partial charge is 0.303 e. The number of alkyl halides is 1. The van der Waals surface area contributed by atoms with Gasteiger partial charge in [-0.2, -0.15) is 0 Å². The van der Waals surface area contributed by atoms with Gasteiger partial charge in [-0.25, -0.2) is 0 Å². The minimum Gasteiger partial charge on any atom is -0.481 e. The first-order valence-electron chi connectivity index (χ1n) is 5.24. The third kappa shape index (κ3) is 4.21. The molecule has 3 atom stereocenters. The number of allylic oxidation sites excluding steroid dienone is 1. The number of carboxylic acids is 1. The number of carboxylic acid groups (broad SMARTS) is 1. The molecule has 1 aliphatic rings. The first kappa shape index (κ1) is 13.6. The summed E-state index contributed by atoms with van der Waals surface area (Å²) in [5.74, 6) is -0.912. The second-order valence-electron chi connectivity index (χ2n) is 4.01. The number of carbonyl (C=O) groups excluding carboxylic acids is 1. The molecule has 1 saturated carbocycles. The predicted octanol–water partition coefficient (Wildman–Crippen LogP) is 1.76. The van der Waals surface area contributed by atoms with Crippen LogP contribution in [0.2, 0.25) is 0 Å². The number of carbonyl (C=O) groups is 2. The van der Waals surface area contributed by atoms with Gasteiger partial charge in [-0.1, -0.05) is 12.2 Å². The zero-order valence-electron chi connectivity index (χ0n) is 8.80. The molecule has 5 heteroatoms. The van der Waals surface area contributed by atoms with E-state index in [1.807, 2.05) is 22.6 Å². The van der Waals surface area contributed by atoms with Crippen LogP contribution in [0.1, 0.15) is 25.7 Å². The maximum atomic E-state index is 11.6. The SMILES string of the molecule is O=C(O)CC1CCC(=O)[C@H]1C/C=C\C(O)I. The first-order chi connectivity index (χ1) is 7.50. The number of Topliss-reactive ketones (excluding diaryl/α,β-unsaturated/α-hetero) is 1. The number of aliphatic carboxylic acids is 1. The molecular formula is C11H15IO4. The Bertz CT molecular complexity index is 298. The van der Waals surface area contributed by atoms with Crippen LogP contribution < -0.4 is 0 Å². The van der Waals surface area contributed by atoms with E-state index in [4.69, 9.17) is 10.2 Å². The molecule has 0 bridgehead atoms. The standard InChI is InChI=1S/C11H15IO4/c12-10(14)3-1-2-8-7(6-11(15)16)4-5-9(8)13/h1,3,7-8,10,14H,2,4-6H2,(H,15,16)/b3-1-/t7?,8-,10?/m0/s1. The number of aliphatic hydroxyl groups is 1. The topological polar surface area (TPSA) is 74.6 Å². The van der Waals surface area contributed by atoms with E-state index in [9.17, 15) is 9.59 Å². The number of ketones is 1. The molecule has 90 valence electrons. The molecule has 2 N–H and O–H groups in total. The lowest BCUT2D eigenvalue weighted by Crippen LogP contribution is -2.17. The Morgan fingerprint density at radius 1 is 1.62 bits per heavy atom. The molecule has 0 aromatic heterocycles. The molecule has 0 saturated heterocycles. The van der Waals surface area contributed by atoms with Gasteiger partial charge in [0, 0.05) is 18.8 Å². The summed E-state index contributed by atoms with van der Waals surface area (Å²) in [6, 6.07) is 0. The van der Waals surface area contributed by atoms with Gasteiger partial charge in [0.1, 0.15) is 9.89 Å². The molecule has 0 heterocycles. The van der Waals surface area contributed by atoms with Crippen LogP contribution in [-0.4, -0.2) is 26.1 Å². The van der Waals surface area contributed by atoms with Crippen LogP contribution in [0, 0.1) is 11.8 Å². The van der Waals surface area contributed by atoms with Crippen molar-refractivity contribution in [3.8, 4) is 0 Å². The fraction of sp³-hybridized carbons (Fsp3) is 0.636. The lowest BCUT2D eigenvalue weighted by molar-refractivity contribution is -0.138. The monoisotopic (exact) mass is 338 g/mol. The summed E-state index contributed by atoms with van der Waals surface area (Å²) < 4.78 is -0.549. The lowest BCUT2D eigenvalue weighted by Gasteiger charge is -2.14. The van der Waals surface area contributed by atoms with Crippen LogP contribution in [0.25, 0.3) is 0 Å². The highest BCUT2D eigenvalue weighted by Gasteiger charge is 2.34. The Hall–Kier alpha value is -0.430. The van der Waals surface area contributed by atoms with Crippen molar-refractivity contribution >= 4 is 34.3 Å². The third-order valence-electron chi connectivity index (χ3n) is 2.87. The summed E-state index contributed by atoms with van der Waals surface area (Å²) in [7, 11) is 0. The van der Waals surface area contributed by atoms with Gasteiger partial charge < -0.3 is 10.2 Å². The van der Waals surface area contributed by atoms with Crippen molar-refractivity contribution in [2.24, 2.45) is 11.8 Å². The average Bonchev–Trinajstić information content (AvgIpc) is 2.48. The van der Waals surface area contributed by atoms with E-state index in [0.29, 0.717) is 19.3 Å². The molecule has 0 amide bonds. The van der Waals surface area contributed by atoms with Crippen LogP contribution in [0.3, 0.4) is 0 Å². The van der Waals surface area contributed by atoms with Gasteiger partial charge in [0.05, 0.1) is 0 Å². The Morgan fingerprint density at radius 3 is 2.88 bits per heavy atom. The molecular weight excluding hydrogens is 323 g/mol. The molecule has 2 unspecified atom stereocenters. The van der Waals surface area contributed by atoms with E-state index in [1.54, 1.807) is 12.2 Å². The summed E-state index contributed by atoms with van der Waals surface area (Å²) in [5.41, 5.74) is 0. The van der Waals surface area contributed by atoms with Gasteiger partial charge in [-0.15, -0.1) is 0 Å². The maximum absolute atomic E-state index is 11.6. The normalized spacial score (nSPS) is 27.5. The van der Waals surface area contributed by atoms with Crippen molar-refractivity contribution in [3.63, 3.8) is 0 Å². The van der Waals surface area contributed by atoms with Gasteiger partial charge >= 0.3 is 5.97 Å². The fourth-order valence-corrected chi connectivity index (χ4v) is 2.40. The molecule has 1 aliphatic carbocycles.